The second kappa shape index (κ2) is 8.13. The number of hydrogen-bond donors (Lipinski definition) is 2. The van der Waals surface area contributed by atoms with Gasteiger partial charge in [0, 0.05) is 30.7 Å². The molecule has 0 saturated carbocycles. The topological polar surface area (TPSA) is 104 Å². The number of aromatic nitrogens is 5. The average molecular weight is 435 g/mol. The lowest BCUT2D eigenvalue weighted by molar-refractivity contribution is 0.459. The third-order valence-corrected chi connectivity index (χ3v) is 5.45. The second-order valence-corrected chi connectivity index (χ2v) is 7.86. The molecule has 3 heterocycles. The molecule has 5 aromatic rings. The van der Waals surface area contributed by atoms with Gasteiger partial charge < -0.3 is 14.6 Å². The Kier molecular flexibility index (Phi) is 4.99. The summed E-state index contributed by atoms with van der Waals surface area (Å²) in [5.74, 6) is 1.64. The summed E-state index contributed by atoms with van der Waals surface area (Å²) in [6.07, 6.45) is 5.60. The standard InChI is InChI=1S/C25H21N7O/c1-15-10-18(19-13-27-28-14-19)11-16(2)23(15)33-24-22-21(8-9-32(22)3)30-25(31-24)29-20-6-4-17(12-26)5-7-20/h4-11,13-14H,1-3H3,(H,27,28)(H,29,30,31). The molecule has 0 radical (unpaired) electrons. The molecule has 0 amide bonds. The Bertz CT molecular complexity index is 1470. The van der Waals surface area contributed by atoms with Crippen molar-refractivity contribution in [1.82, 2.24) is 24.7 Å². The molecule has 5 rings (SSSR count). The van der Waals surface area contributed by atoms with Crippen molar-refractivity contribution >= 4 is 22.7 Å². The van der Waals surface area contributed by atoms with Crippen LogP contribution in [0.3, 0.4) is 0 Å². The van der Waals surface area contributed by atoms with Crippen LogP contribution in [0.15, 0.2) is 61.1 Å². The minimum Gasteiger partial charge on any atom is -0.436 e. The summed E-state index contributed by atoms with van der Waals surface area (Å²) in [4.78, 5) is 9.31. The molecule has 2 N–H and O–H groups in total. The first-order valence-electron chi connectivity index (χ1n) is 10.4. The molecule has 0 unspecified atom stereocenters. The van der Waals surface area contributed by atoms with Crippen molar-refractivity contribution in [3.63, 3.8) is 0 Å². The summed E-state index contributed by atoms with van der Waals surface area (Å²) < 4.78 is 8.35. The van der Waals surface area contributed by atoms with Gasteiger partial charge in [0.05, 0.1) is 23.3 Å². The smallest absolute Gasteiger partial charge is 0.249 e. The van der Waals surface area contributed by atoms with Crippen molar-refractivity contribution in [3.05, 3.63) is 77.7 Å². The zero-order valence-electron chi connectivity index (χ0n) is 18.4. The third kappa shape index (κ3) is 3.88. The zero-order chi connectivity index (χ0) is 22.9. The molecular formula is C25H21N7O. The van der Waals surface area contributed by atoms with Gasteiger partial charge in [-0.15, -0.1) is 0 Å². The lowest BCUT2D eigenvalue weighted by Crippen LogP contribution is -2.02. The van der Waals surface area contributed by atoms with E-state index in [0.717, 1.165) is 44.7 Å². The molecule has 0 aliphatic heterocycles. The van der Waals surface area contributed by atoms with Crippen LogP contribution in [0.25, 0.3) is 22.2 Å². The molecule has 33 heavy (non-hydrogen) atoms. The van der Waals surface area contributed by atoms with Crippen LogP contribution in [0.4, 0.5) is 11.6 Å². The van der Waals surface area contributed by atoms with Crippen molar-refractivity contribution in [2.75, 3.05) is 5.32 Å². The number of anilines is 2. The first-order chi connectivity index (χ1) is 16.0. The molecule has 0 atom stereocenters. The van der Waals surface area contributed by atoms with Crippen molar-refractivity contribution in [2.45, 2.75) is 13.8 Å². The lowest BCUT2D eigenvalue weighted by Gasteiger charge is -2.15. The second-order valence-electron chi connectivity index (χ2n) is 7.86. The molecule has 0 aliphatic carbocycles. The monoisotopic (exact) mass is 435 g/mol. The van der Waals surface area contributed by atoms with Crippen molar-refractivity contribution in [2.24, 2.45) is 7.05 Å². The quantitative estimate of drug-likeness (QED) is 0.384. The Morgan fingerprint density at radius 2 is 1.79 bits per heavy atom. The highest BCUT2D eigenvalue weighted by atomic mass is 16.5. The molecule has 8 nitrogen and oxygen atoms in total. The van der Waals surface area contributed by atoms with E-state index >= 15 is 0 Å². The SMILES string of the molecule is Cc1cc(-c2cn[nH]c2)cc(C)c1Oc1nc(Nc2ccc(C#N)cc2)nc2ccn(C)c12. The van der Waals surface area contributed by atoms with E-state index in [1.807, 2.05) is 56.1 Å². The van der Waals surface area contributed by atoms with Gasteiger partial charge in [0.1, 0.15) is 11.3 Å². The number of rotatable bonds is 5. The normalized spacial score (nSPS) is 10.8. The number of hydrogen-bond acceptors (Lipinski definition) is 6. The highest BCUT2D eigenvalue weighted by Gasteiger charge is 2.16. The van der Waals surface area contributed by atoms with Gasteiger partial charge in [-0.1, -0.05) is 0 Å². The molecule has 2 aromatic carbocycles. The average Bonchev–Trinajstić information content (AvgIpc) is 3.47. The van der Waals surface area contributed by atoms with Gasteiger partial charge in [0.15, 0.2) is 0 Å². The molecule has 0 fully saturated rings. The van der Waals surface area contributed by atoms with E-state index in [0.29, 0.717) is 17.4 Å². The maximum Gasteiger partial charge on any atom is 0.249 e. The van der Waals surface area contributed by atoms with Gasteiger partial charge in [-0.25, -0.2) is 4.98 Å². The van der Waals surface area contributed by atoms with Crippen molar-refractivity contribution in [1.29, 1.82) is 5.26 Å². The van der Waals surface area contributed by atoms with E-state index in [9.17, 15) is 0 Å². The summed E-state index contributed by atoms with van der Waals surface area (Å²) in [7, 11) is 1.94. The maximum absolute atomic E-state index is 9.01. The zero-order valence-corrected chi connectivity index (χ0v) is 18.4. The fourth-order valence-electron chi connectivity index (χ4n) is 3.82. The van der Waals surface area contributed by atoms with E-state index < -0.39 is 0 Å². The molecule has 3 aromatic heterocycles. The van der Waals surface area contributed by atoms with Crippen LogP contribution in [0.1, 0.15) is 16.7 Å². The predicted octanol–water partition coefficient (Wildman–Crippen LogP) is 5.38. The Labute approximate surface area is 190 Å². The number of H-pyrrole nitrogens is 1. The number of benzene rings is 2. The van der Waals surface area contributed by atoms with E-state index in [-0.39, 0.29) is 0 Å². The maximum atomic E-state index is 9.01. The summed E-state index contributed by atoms with van der Waals surface area (Å²) >= 11 is 0. The van der Waals surface area contributed by atoms with Gasteiger partial charge in [-0.2, -0.15) is 15.3 Å². The van der Waals surface area contributed by atoms with Crippen LogP contribution in [0.5, 0.6) is 11.6 Å². The van der Waals surface area contributed by atoms with Crippen LogP contribution in [0, 0.1) is 25.2 Å². The number of fused-ring (bicyclic) bond motifs is 1. The molecule has 8 heteroatoms. The fraction of sp³-hybridized carbons (Fsp3) is 0.120. The highest BCUT2D eigenvalue weighted by molar-refractivity contribution is 5.83. The first kappa shape index (κ1) is 20.3. The van der Waals surface area contributed by atoms with Gasteiger partial charge in [-0.05, 0) is 73.0 Å². The number of aryl methyl sites for hydroxylation is 3. The number of nitrogens with one attached hydrogen (secondary N) is 2. The van der Waals surface area contributed by atoms with E-state index in [2.05, 4.69) is 43.7 Å². The van der Waals surface area contributed by atoms with Gasteiger partial charge in [0.2, 0.25) is 11.8 Å². The largest absolute Gasteiger partial charge is 0.436 e. The van der Waals surface area contributed by atoms with Crippen LogP contribution in [-0.2, 0) is 7.05 Å². The van der Waals surface area contributed by atoms with Crippen molar-refractivity contribution < 1.29 is 4.74 Å². The third-order valence-electron chi connectivity index (χ3n) is 5.45. The molecule has 0 aliphatic rings. The summed E-state index contributed by atoms with van der Waals surface area (Å²) in [6, 6.07) is 15.3. The molecule has 162 valence electrons. The van der Waals surface area contributed by atoms with Crippen LogP contribution < -0.4 is 10.1 Å². The minimum absolute atomic E-state index is 0.415. The Morgan fingerprint density at radius 1 is 1.03 bits per heavy atom. The van der Waals surface area contributed by atoms with E-state index in [1.165, 1.54) is 0 Å². The predicted molar refractivity (Wildman–Crippen MR) is 127 cm³/mol. The van der Waals surface area contributed by atoms with E-state index in [4.69, 9.17) is 10.00 Å². The van der Waals surface area contributed by atoms with Gasteiger partial charge in [0.25, 0.3) is 0 Å². The highest BCUT2D eigenvalue weighted by Crippen LogP contribution is 2.35. The molecular weight excluding hydrogens is 414 g/mol. The van der Waals surface area contributed by atoms with E-state index in [1.54, 1.807) is 18.3 Å². The van der Waals surface area contributed by atoms with Gasteiger partial charge in [-0.3, -0.25) is 5.10 Å². The summed E-state index contributed by atoms with van der Waals surface area (Å²) in [6.45, 7) is 4.04. The molecule has 0 saturated heterocycles. The van der Waals surface area contributed by atoms with Crippen LogP contribution >= 0.6 is 0 Å². The Balaban J connectivity index is 1.53. The number of ether oxygens (including phenoxy) is 1. The van der Waals surface area contributed by atoms with Crippen LogP contribution in [-0.4, -0.2) is 24.7 Å². The lowest BCUT2D eigenvalue weighted by atomic mass is 10.0. The van der Waals surface area contributed by atoms with Gasteiger partial charge >= 0.3 is 0 Å². The molecule has 0 bridgehead atoms. The Morgan fingerprint density at radius 3 is 2.45 bits per heavy atom. The fourth-order valence-corrected chi connectivity index (χ4v) is 3.82. The summed E-state index contributed by atoms with van der Waals surface area (Å²) in [5, 5.41) is 19.1. The minimum atomic E-state index is 0.415. The van der Waals surface area contributed by atoms with Crippen LogP contribution in [0.2, 0.25) is 0 Å². The summed E-state index contributed by atoms with van der Waals surface area (Å²) in [5.41, 5.74) is 7.03. The number of nitriles is 1. The van der Waals surface area contributed by atoms with Crippen molar-refractivity contribution in [3.8, 4) is 28.8 Å². The Hall–Kier alpha value is -4.64. The molecule has 0 spiro atoms. The number of aromatic amines is 1. The number of nitrogens with zero attached hydrogens (tertiary/aromatic N) is 5. The first-order valence-corrected chi connectivity index (χ1v) is 10.4.